The molecule has 158 valence electrons. The molecule has 0 fully saturated rings. The summed E-state index contributed by atoms with van der Waals surface area (Å²) in [6.45, 7) is 4.75. The van der Waals surface area contributed by atoms with Gasteiger partial charge in [-0.2, -0.15) is 0 Å². The summed E-state index contributed by atoms with van der Waals surface area (Å²) in [5.41, 5.74) is 6.04. The number of aliphatic hydroxyl groups is 1. The minimum Gasteiger partial charge on any atom is -0.491 e. The number of hydrogen-bond acceptors (Lipinski definition) is 4. The Kier molecular flexibility index (Phi) is 5.45. The molecular formula is C26H27N3O2. The van der Waals surface area contributed by atoms with Gasteiger partial charge in [0.25, 0.3) is 0 Å². The standard InChI is InChI=1S/C26H27N3O2/c1-19-27-14-24-10-9-23(16-29(19)24)21-7-4-8-26(13-21)31-18-25(30)17-28-12-11-20-5-2-3-6-22(20)15-28/h2-10,13-14,16,25,30H,11-12,15,17-18H2,1H3. The first-order valence-electron chi connectivity index (χ1n) is 10.8. The SMILES string of the molecule is Cc1ncc2ccc(-c3cccc(OCC(O)CN4CCc5ccccc5C4)c3)cn12. The third kappa shape index (κ3) is 4.33. The smallest absolute Gasteiger partial charge is 0.120 e. The van der Waals surface area contributed by atoms with E-state index in [0.717, 1.165) is 47.7 Å². The Hall–Kier alpha value is -3.15. The molecular weight excluding hydrogens is 386 g/mol. The molecule has 0 aliphatic carbocycles. The van der Waals surface area contributed by atoms with E-state index in [1.54, 1.807) is 0 Å². The van der Waals surface area contributed by atoms with Gasteiger partial charge in [0, 0.05) is 25.8 Å². The Morgan fingerprint density at radius 2 is 1.90 bits per heavy atom. The van der Waals surface area contributed by atoms with Gasteiger partial charge in [-0.05, 0) is 53.8 Å². The molecule has 1 N–H and O–H groups in total. The second-order valence-corrected chi connectivity index (χ2v) is 8.26. The minimum atomic E-state index is -0.529. The predicted octanol–water partition coefficient (Wildman–Crippen LogP) is 4.11. The van der Waals surface area contributed by atoms with Crippen LogP contribution in [0.25, 0.3) is 16.6 Å². The van der Waals surface area contributed by atoms with Crippen molar-refractivity contribution in [2.75, 3.05) is 19.7 Å². The van der Waals surface area contributed by atoms with Crippen LogP contribution in [0.5, 0.6) is 5.75 Å². The number of hydrogen-bond donors (Lipinski definition) is 1. The normalized spacial score (nSPS) is 15.0. The Morgan fingerprint density at radius 3 is 2.81 bits per heavy atom. The molecule has 0 bridgehead atoms. The number of aliphatic hydroxyl groups excluding tert-OH is 1. The molecule has 2 aromatic carbocycles. The van der Waals surface area contributed by atoms with Crippen LogP contribution >= 0.6 is 0 Å². The van der Waals surface area contributed by atoms with E-state index in [4.69, 9.17) is 4.74 Å². The Bertz CT molecular complexity index is 1200. The number of pyridine rings is 1. The summed E-state index contributed by atoms with van der Waals surface area (Å²) in [6.07, 6.45) is 4.48. The van der Waals surface area contributed by atoms with Gasteiger partial charge in [-0.1, -0.05) is 42.5 Å². The number of aryl methyl sites for hydroxylation is 1. The van der Waals surface area contributed by atoms with Crippen molar-refractivity contribution in [2.24, 2.45) is 0 Å². The maximum Gasteiger partial charge on any atom is 0.120 e. The summed E-state index contributed by atoms with van der Waals surface area (Å²) in [6, 6.07) is 20.8. The van der Waals surface area contributed by atoms with Crippen molar-refractivity contribution in [3.05, 3.63) is 90.0 Å². The van der Waals surface area contributed by atoms with Crippen LogP contribution < -0.4 is 4.74 Å². The van der Waals surface area contributed by atoms with Crippen molar-refractivity contribution in [1.29, 1.82) is 0 Å². The van der Waals surface area contributed by atoms with Crippen molar-refractivity contribution in [3.63, 3.8) is 0 Å². The Morgan fingerprint density at radius 1 is 1.03 bits per heavy atom. The fourth-order valence-electron chi connectivity index (χ4n) is 4.31. The zero-order valence-corrected chi connectivity index (χ0v) is 17.7. The van der Waals surface area contributed by atoms with Crippen LogP contribution in [0.2, 0.25) is 0 Å². The molecule has 1 aliphatic rings. The van der Waals surface area contributed by atoms with Gasteiger partial charge < -0.3 is 14.2 Å². The summed E-state index contributed by atoms with van der Waals surface area (Å²) in [4.78, 5) is 6.66. The van der Waals surface area contributed by atoms with E-state index in [9.17, 15) is 5.11 Å². The third-order valence-electron chi connectivity index (χ3n) is 6.00. The summed E-state index contributed by atoms with van der Waals surface area (Å²) in [5, 5.41) is 10.5. The topological polar surface area (TPSA) is 50.0 Å². The van der Waals surface area contributed by atoms with Crippen LogP contribution in [0, 0.1) is 6.92 Å². The van der Waals surface area contributed by atoms with E-state index >= 15 is 0 Å². The second kappa shape index (κ2) is 8.53. The zero-order valence-electron chi connectivity index (χ0n) is 17.7. The quantitative estimate of drug-likeness (QED) is 0.517. The van der Waals surface area contributed by atoms with Crippen LogP contribution in [-0.4, -0.2) is 45.2 Å². The highest BCUT2D eigenvalue weighted by atomic mass is 16.5. The van der Waals surface area contributed by atoms with E-state index in [2.05, 4.69) is 62.9 Å². The molecule has 3 heterocycles. The van der Waals surface area contributed by atoms with Gasteiger partial charge in [-0.25, -0.2) is 4.98 Å². The first-order chi connectivity index (χ1) is 15.2. The summed E-state index contributed by atoms with van der Waals surface area (Å²) >= 11 is 0. The van der Waals surface area contributed by atoms with Gasteiger partial charge in [-0.15, -0.1) is 0 Å². The molecule has 1 aliphatic heterocycles. The van der Waals surface area contributed by atoms with Crippen molar-refractivity contribution >= 4 is 5.52 Å². The molecule has 0 amide bonds. The van der Waals surface area contributed by atoms with Crippen LogP contribution in [0.4, 0.5) is 0 Å². The number of nitrogens with zero attached hydrogens (tertiary/aromatic N) is 3. The van der Waals surface area contributed by atoms with Gasteiger partial charge in [-0.3, -0.25) is 4.90 Å². The van der Waals surface area contributed by atoms with Crippen molar-refractivity contribution in [2.45, 2.75) is 26.0 Å². The lowest BCUT2D eigenvalue weighted by molar-refractivity contribution is 0.0638. The Balaban J connectivity index is 1.21. The van der Waals surface area contributed by atoms with Crippen molar-refractivity contribution in [1.82, 2.24) is 14.3 Å². The summed E-state index contributed by atoms with van der Waals surface area (Å²) < 4.78 is 8.03. The molecule has 1 unspecified atom stereocenters. The molecule has 1 atom stereocenters. The number of fused-ring (bicyclic) bond motifs is 2. The monoisotopic (exact) mass is 413 g/mol. The number of rotatable bonds is 6. The molecule has 2 aromatic heterocycles. The molecule has 31 heavy (non-hydrogen) atoms. The maximum atomic E-state index is 10.5. The van der Waals surface area contributed by atoms with Gasteiger partial charge in [0.2, 0.25) is 0 Å². The number of imidazole rings is 1. The van der Waals surface area contributed by atoms with Gasteiger partial charge >= 0.3 is 0 Å². The minimum absolute atomic E-state index is 0.279. The highest BCUT2D eigenvalue weighted by Gasteiger charge is 2.18. The molecule has 0 spiro atoms. The summed E-state index contributed by atoms with van der Waals surface area (Å²) in [5.74, 6) is 1.73. The van der Waals surface area contributed by atoms with E-state index in [0.29, 0.717) is 6.54 Å². The highest BCUT2D eigenvalue weighted by Crippen LogP contribution is 2.25. The molecule has 0 saturated carbocycles. The largest absolute Gasteiger partial charge is 0.491 e. The first-order valence-corrected chi connectivity index (χ1v) is 10.8. The molecule has 5 nitrogen and oxygen atoms in total. The van der Waals surface area contributed by atoms with Crippen LogP contribution in [0.3, 0.4) is 0 Å². The van der Waals surface area contributed by atoms with E-state index in [-0.39, 0.29) is 6.61 Å². The molecule has 4 aromatic rings. The number of aromatic nitrogens is 2. The van der Waals surface area contributed by atoms with E-state index in [1.165, 1.54) is 11.1 Å². The lowest BCUT2D eigenvalue weighted by Crippen LogP contribution is -2.38. The number of ether oxygens (including phenoxy) is 1. The highest BCUT2D eigenvalue weighted by molar-refractivity contribution is 5.67. The van der Waals surface area contributed by atoms with Crippen molar-refractivity contribution < 1.29 is 9.84 Å². The fraction of sp³-hybridized carbons (Fsp3) is 0.269. The number of β-amino-alcohol motifs (C(OH)–C–C–N with tert-alkyl or cyclic N) is 1. The Labute approximate surface area is 182 Å². The summed E-state index contributed by atoms with van der Waals surface area (Å²) in [7, 11) is 0. The van der Waals surface area contributed by atoms with Crippen LogP contribution in [-0.2, 0) is 13.0 Å². The first kappa shape index (κ1) is 19.8. The average Bonchev–Trinajstić information content (AvgIpc) is 3.18. The lowest BCUT2D eigenvalue weighted by atomic mass is 10.00. The van der Waals surface area contributed by atoms with Gasteiger partial charge in [0.1, 0.15) is 24.3 Å². The third-order valence-corrected chi connectivity index (χ3v) is 6.00. The van der Waals surface area contributed by atoms with Gasteiger partial charge in [0.05, 0.1) is 11.7 Å². The zero-order chi connectivity index (χ0) is 21.2. The van der Waals surface area contributed by atoms with Crippen LogP contribution in [0.15, 0.2) is 73.1 Å². The lowest BCUT2D eigenvalue weighted by Gasteiger charge is -2.30. The predicted molar refractivity (Wildman–Crippen MR) is 122 cm³/mol. The van der Waals surface area contributed by atoms with Crippen LogP contribution in [0.1, 0.15) is 17.0 Å². The second-order valence-electron chi connectivity index (χ2n) is 8.26. The number of benzene rings is 2. The van der Waals surface area contributed by atoms with Crippen molar-refractivity contribution in [3.8, 4) is 16.9 Å². The van der Waals surface area contributed by atoms with E-state index < -0.39 is 6.10 Å². The molecule has 5 heteroatoms. The average molecular weight is 414 g/mol. The molecule has 5 rings (SSSR count). The van der Waals surface area contributed by atoms with Gasteiger partial charge in [0.15, 0.2) is 0 Å². The molecule has 0 radical (unpaired) electrons. The molecule has 0 saturated heterocycles. The fourth-order valence-corrected chi connectivity index (χ4v) is 4.31. The van der Waals surface area contributed by atoms with E-state index in [1.807, 2.05) is 31.3 Å². The maximum absolute atomic E-state index is 10.5.